The van der Waals surface area contributed by atoms with Gasteiger partial charge in [-0.2, -0.15) is 0 Å². The Hall–Kier alpha value is -1.42. The predicted octanol–water partition coefficient (Wildman–Crippen LogP) is 4.00. The Morgan fingerprint density at radius 1 is 1.30 bits per heavy atom. The van der Waals surface area contributed by atoms with Gasteiger partial charge in [0.25, 0.3) is 5.69 Å². The summed E-state index contributed by atoms with van der Waals surface area (Å²) >= 11 is 0. The van der Waals surface area contributed by atoms with E-state index in [9.17, 15) is 10.1 Å². The summed E-state index contributed by atoms with van der Waals surface area (Å²) in [7, 11) is 0. The van der Waals surface area contributed by atoms with E-state index in [0.29, 0.717) is 11.5 Å². The molecule has 0 N–H and O–H groups in total. The number of nitrogens with zero attached hydrogens (tertiary/aromatic N) is 2. The van der Waals surface area contributed by atoms with Crippen LogP contribution in [-0.4, -0.2) is 22.4 Å². The predicted molar refractivity (Wildman–Crippen MR) is 80.6 cm³/mol. The van der Waals surface area contributed by atoms with Crippen LogP contribution < -0.4 is 0 Å². The van der Waals surface area contributed by atoms with Crippen LogP contribution in [0.15, 0.2) is 24.3 Å². The van der Waals surface area contributed by atoms with Crippen molar-refractivity contribution in [2.75, 3.05) is 6.54 Å². The molecule has 1 aliphatic rings. The summed E-state index contributed by atoms with van der Waals surface area (Å²) < 4.78 is 0. The first-order chi connectivity index (χ1) is 9.35. The third-order valence-electron chi connectivity index (χ3n) is 3.88. The fraction of sp³-hybridized carbons (Fsp3) is 0.625. The van der Waals surface area contributed by atoms with Gasteiger partial charge in [-0.25, -0.2) is 0 Å². The highest BCUT2D eigenvalue weighted by Crippen LogP contribution is 2.30. The molecule has 1 aliphatic heterocycles. The van der Waals surface area contributed by atoms with E-state index in [0.717, 1.165) is 18.7 Å². The van der Waals surface area contributed by atoms with Crippen LogP contribution in [0.1, 0.15) is 45.6 Å². The minimum absolute atomic E-state index is 0.168. The quantitative estimate of drug-likeness (QED) is 0.617. The maximum atomic E-state index is 10.7. The van der Waals surface area contributed by atoms with Gasteiger partial charge in [-0.05, 0) is 36.8 Å². The van der Waals surface area contributed by atoms with Gasteiger partial charge in [0, 0.05) is 24.7 Å². The zero-order valence-electron chi connectivity index (χ0n) is 12.6. The number of non-ortho nitro benzene ring substituents is 1. The van der Waals surface area contributed by atoms with Crippen LogP contribution in [0.4, 0.5) is 5.69 Å². The van der Waals surface area contributed by atoms with E-state index in [1.165, 1.54) is 19.3 Å². The second kappa shape index (κ2) is 5.92. The third kappa shape index (κ3) is 4.04. The molecule has 0 amide bonds. The second-order valence-corrected chi connectivity index (χ2v) is 6.95. The summed E-state index contributed by atoms with van der Waals surface area (Å²) in [5.74, 6) is 0. The maximum Gasteiger partial charge on any atom is 0.269 e. The molecule has 4 nitrogen and oxygen atoms in total. The molecule has 0 aliphatic carbocycles. The average molecular weight is 276 g/mol. The Kier molecular flexibility index (Phi) is 4.43. The first-order valence-corrected chi connectivity index (χ1v) is 7.32. The molecule has 0 radical (unpaired) electrons. The Morgan fingerprint density at radius 3 is 2.50 bits per heavy atom. The summed E-state index contributed by atoms with van der Waals surface area (Å²) in [5, 5.41) is 10.7. The number of hydrogen-bond acceptors (Lipinski definition) is 3. The molecule has 1 saturated heterocycles. The molecular weight excluding hydrogens is 252 g/mol. The van der Waals surface area contributed by atoms with Crippen LogP contribution in [0.2, 0.25) is 0 Å². The highest BCUT2D eigenvalue weighted by atomic mass is 16.6. The van der Waals surface area contributed by atoms with Crippen molar-refractivity contribution in [2.45, 2.75) is 52.6 Å². The number of nitro benzene ring substituents is 1. The van der Waals surface area contributed by atoms with E-state index in [2.05, 4.69) is 25.7 Å². The maximum absolute atomic E-state index is 10.7. The topological polar surface area (TPSA) is 46.4 Å². The van der Waals surface area contributed by atoms with Gasteiger partial charge in [0.1, 0.15) is 0 Å². The lowest BCUT2D eigenvalue weighted by molar-refractivity contribution is -0.384. The van der Waals surface area contributed by atoms with Gasteiger partial charge in [0.2, 0.25) is 0 Å². The molecule has 0 unspecified atom stereocenters. The summed E-state index contributed by atoms with van der Waals surface area (Å²) in [6.45, 7) is 8.90. The zero-order chi connectivity index (χ0) is 14.8. The van der Waals surface area contributed by atoms with Crippen LogP contribution in [0.25, 0.3) is 0 Å². The van der Waals surface area contributed by atoms with E-state index >= 15 is 0 Å². The largest absolute Gasteiger partial charge is 0.296 e. The van der Waals surface area contributed by atoms with Crippen molar-refractivity contribution < 1.29 is 4.92 Å². The minimum atomic E-state index is -0.345. The molecule has 0 saturated carbocycles. The van der Waals surface area contributed by atoms with Crippen molar-refractivity contribution in [2.24, 2.45) is 5.41 Å². The molecule has 1 aromatic rings. The van der Waals surface area contributed by atoms with Crippen molar-refractivity contribution in [1.82, 2.24) is 4.90 Å². The summed E-state index contributed by atoms with van der Waals surface area (Å²) in [4.78, 5) is 12.8. The molecular formula is C16H24N2O2. The van der Waals surface area contributed by atoms with Gasteiger partial charge in [-0.3, -0.25) is 15.0 Å². The molecule has 0 spiro atoms. The molecule has 1 aromatic carbocycles. The Balaban J connectivity index is 1.99. The summed E-state index contributed by atoms with van der Waals surface area (Å²) in [5.41, 5.74) is 1.68. The van der Waals surface area contributed by atoms with Crippen LogP contribution >= 0.6 is 0 Å². The van der Waals surface area contributed by atoms with E-state index in [1.54, 1.807) is 12.1 Å². The fourth-order valence-electron chi connectivity index (χ4n) is 3.00. The SMILES string of the molecule is CC(C)(C)C[C@H]1CCCN1Cc1ccc([N+](=O)[O-])cc1. The highest BCUT2D eigenvalue weighted by molar-refractivity contribution is 5.32. The van der Waals surface area contributed by atoms with Crippen LogP contribution in [0.5, 0.6) is 0 Å². The van der Waals surface area contributed by atoms with Gasteiger partial charge in [-0.15, -0.1) is 0 Å². The molecule has 0 bridgehead atoms. The third-order valence-corrected chi connectivity index (χ3v) is 3.88. The first-order valence-electron chi connectivity index (χ1n) is 7.32. The molecule has 110 valence electrons. The molecule has 1 fully saturated rings. The van der Waals surface area contributed by atoms with Crippen LogP contribution in [0.3, 0.4) is 0 Å². The standard InChI is InChI=1S/C16H24N2O2/c1-16(2,3)11-15-5-4-10-17(15)12-13-6-8-14(9-7-13)18(19)20/h6-9,15H,4-5,10-12H2,1-3H3/t15-/m1/s1. The normalized spacial score (nSPS) is 20.2. The Morgan fingerprint density at radius 2 is 1.95 bits per heavy atom. The molecule has 1 heterocycles. The van der Waals surface area contributed by atoms with E-state index in [1.807, 2.05) is 12.1 Å². The summed E-state index contributed by atoms with van der Waals surface area (Å²) in [6.07, 6.45) is 3.73. The van der Waals surface area contributed by atoms with Gasteiger partial charge in [0.15, 0.2) is 0 Å². The molecule has 20 heavy (non-hydrogen) atoms. The van der Waals surface area contributed by atoms with Gasteiger partial charge < -0.3 is 0 Å². The number of likely N-dealkylation sites (tertiary alicyclic amines) is 1. The van der Waals surface area contributed by atoms with E-state index < -0.39 is 0 Å². The monoisotopic (exact) mass is 276 g/mol. The molecule has 0 aromatic heterocycles. The average Bonchev–Trinajstić information content (AvgIpc) is 2.75. The van der Waals surface area contributed by atoms with E-state index in [-0.39, 0.29) is 10.6 Å². The molecule has 2 rings (SSSR count). The Bertz CT molecular complexity index is 462. The van der Waals surface area contributed by atoms with Crippen molar-refractivity contribution in [1.29, 1.82) is 0 Å². The van der Waals surface area contributed by atoms with E-state index in [4.69, 9.17) is 0 Å². The van der Waals surface area contributed by atoms with Crippen molar-refractivity contribution in [3.8, 4) is 0 Å². The number of benzene rings is 1. The van der Waals surface area contributed by atoms with Crippen molar-refractivity contribution in [3.63, 3.8) is 0 Å². The molecule has 4 heteroatoms. The fourth-order valence-corrected chi connectivity index (χ4v) is 3.00. The highest BCUT2D eigenvalue weighted by Gasteiger charge is 2.28. The molecule has 1 atom stereocenters. The first kappa shape index (κ1) is 15.0. The number of nitro groups is 1. The Labute approximate surface area is 120 Å². The van der Waals surface area contributed by atoms with Crippen molar-refractivity contribution in [3.05, 3.63) is 39.9 Å². The number of rotatable bonds is 4. The number of hydrogen-bond donors (Lipinski definition) is 0. The smallest absolute Gasteiger partial charge is 0.269 e. The zero-order valence-corrected chi connectivity index (χ0v) is 12.6. The van der Waals surface area contributed by atoms with Crippen molar-refractivity contribution >= 4 is 5.69 Å². The summed E-state index contributed by atoms with van der Waals surface area (Å²) in [6, 6.07) is 7.61. The van der Waals surface area contributed by atoms with Gasteiger partial charge in [-0.1, -0.05) is 32.9 Å². The lowest BCUT2D eigenvalue weighted by Crippen LogP contribution is -2.32. The van der Waals surface area contributed by atoms with Gasteiger partial charge >= 0.3 is 0 Å². The second-order valence-electron chi connectivity index (χ2n) is 6.95. The lowest BCUT2D eigenvalue weighted by Gasteiger charge is -2.30. The minimum Gasteiger partial charge on any atom is -0.296 e. The van der Waals surface area contributed by atoms with Gasteiger partial charge in [0.05, 0.1) is 4.92 Å². The van der Waals surface area contributed by atoms with Crippen LogP contribution in [-0.2, 0) is 6.54 Å². The van der Waals surface area contributed by atoms with Crippen LogP contribution in [0, 0.1) is 15.5 Å². The lowest BCUT2D eigenvalue weighted by atomic mass is 9.87.